The zero-order chi connectivity index (χ0) is 18.8. The molecule has 142 valence electrons. The fraction of sp³-hybridized carbons (Fsp3) is 0.381. The molecule has 1 aromatic carbocycles. The Morgan fingerprint density at radius 3 is 2.96 bits per heavy atom. The molecule has 4 aliphatic rings. The van der Waals surface area contributed by atoms with E-state index in [-0.39, 0.29) is 23.7 Å². The van der Waals surface area contributed by atoms with Gasteiger partial charge in [0.15, 0.2) is 4.34 Å². The number of aryl methyl sites for hydroxylation is 1. The summed E-state index contributed by atoms with van der Waals surface area (Å²) < 4.78 is 2.16. The predicted octanol–water partition coefficient (Wildman–Crippen LogP) is 4.71. The minimum atomic E-state index is -0.0946. The average Bonchev–Trinajstić information content (AvgIpc) is 3.25. The zero-order valence-electron chi connectivity index (χ0n) is 15.0. The molecular weight excluding hydrogens is 408 g/mol. The van der Waals surface area contributed by atoms with E-state index in [9.17, 15) is 9.59 Å². The molecule has 4 fully saturated rings. The van der Waals surface area contributed by atoms with Gasteiger partial charge in [-0.05, 0) is 65.3 Å². The maximum atomic E-state index is 12.8. The first-order chi connectivity index (χ1) is 13.7. The van der Waals surface area contributed by atoms with Crippen molar-refractivity contribution in [3.8, 4) is 0 Å². The van der Waals surface area contributed by atoms with E-state index < -0.39 is 0 Å². The lowest BCUT2D eigenvalue weighted by Gasteiger charge is -2.13. The molecule has 0 spiro atoms. The Labute approximate surface area is 174 Å². The standard InChI is InChI=1S/C21H18N2O2S3/c24-19-13-8-12-16(17(12)19)18(13)20(25)22-11-1-2-14-15(7-11)28-21(23-14)27-6-4-10-3-5-26-9-10/h1-3,5,7,9,12-13,16-18H,4,6,8H2,(H,22,25). The Morgan fingerprint density at radius 2 is 2.25 bits per heavy atom. The number of thiazole rings is 1. The van der Waals surface area contributed by atoms with Gasteiger partial charge in [0.2, 0.25) is 5.91 Å². The summed E-state index contributed by atoms with van der Waals surface area (Å²) in [5.74, 6) is 2.32. The van der Waals surface area contributed by atoms with Crippen molar-refractivity contribution in [3.05, 3.63) is 40.6 Å². The van der Waals surface area contributed by atoms with Gasteiger partial charge in [-0.2, -0.15) is 11.3 Å². The fourth-order valence-corrected chi connectivity index (χ4v) is 8.03. The number of nitrogens with one attached hydrogen (secondary N) is 1. The first-order valence-electron chi connectivity index (χ1n) is 9.58. The van der Waals surface area contributed by atoms with E-state index >= 15 is 0 Å². The second-order valence-electron chi connectivity index (χ2n) is 7.92. The number of benzene rings is 1. The number of thiophene rings is 1. The van der Waals surface area contributed by atoms with E-state index in [2.05, 4.69) is 22.1 Å². The summed E-state index contributed by atoms with van der Waals surface area (Å²) in [6.45, 7) is 0. The maximum absolute atomic E-state index is 12.8. The third-order valence-corrected chi connectivity index (χ3v) is 9.33. The van der Waals surface area contributed by atoms with Crippen LogP contribution in [0.25, 0.3) is 10.2 Å². The van der Waals surface area contributed by atoms with Crippen molar-refractivity contribution in [2.75, 3.05) is 11.1 Å². The molecule has 4 saturated carbocycles. The van der Waals surface area contributed by atoms with Crippen LogP contribution in [0.5, 0.6) is 0 Å². The molecule has 1 N–H and O–H groups in total. The van der Waals surface area contributed by atoms with E-state index in [1.807, 2.05) is 18.2 Å². The highest BCUT2D eigenvalue weighted by Crippen LogP contribution is 2.71. The highest BCUT2D eigenvalue weighted by molar-refractivity contribution is 8.01. The third kappa shape index (κ3) is 2.67. The predicted molar refractivity (Wildman–Crippen MR) is 114 cm³/mol. The lowest BCUT2D eigenvalue weighted by Crippen LogP contribution is -2.27. The summed E-state index contributed by atoms with van der Waals surface area (Å²) in [4.78, 5) is 29.6. The van der Waals surface area contributed by atoms with Gasteiger partial charge in [-0.3, -0.25) is 9.59 Å². The van der Waals surface area contributed by atoms with Crippen LogP contribution in [0.3, 0.4) is 0 Å². The van der Waals surface area contributed by atoms with Crippen LogP contribution in [0.1, 0.15) is 12.0 Å². The fourth-order valence-electron chi connectivity index (χ4n) is 5.16. The number of anilines is 1. The van der Waals surface area contributed by atoms with E-state index in [0.717, 1.165) is 38.8 Å². The molecule has 4 aliphatic carbocycles. The van der Waals surface area contributed by atoms with Crippen LogP contribution < -0.4 is 5.32 Å². The molecule has 4 nitrogen and oxygen atoms in total. The summed E-state index contributed by atoms with van der Waals surface area (Å²) in [5.41, 5.74) is 3.16. The van der Waals surface area contributed by atoms with Crippen LogP contribution in [0.4, 0.5) is 5.69 Å². The van der Waals surface area contributed by atoms with Crippen LogP contribution in [0.2, 0.25) is 0 Å². The molecular formula is C21H18N2O2S3. The number of carbonyl (C=O) groups excluding carboxylic acids is 2. The van der Waals surface area contributed by atoms with Crippen LogP contribution >= 0.6 is 34.4 Å². The van der Waals surface area contributed by atoms with Gasteiger partial charge in [-0.15, -0.1) is 11.3 Å². The first kappa shape index (κ1) is 17.2. The molecule has 7 heteroatoms. The molecule has 28 heavy (non-hydrogen) atoms. The number of aromatic nitrogens is 1. The number of hydrogen-bond donors (Lipinski definition) is 1. The molecule has 1 amide bonds. The molecule has 4 bridgehead atoms. The molecule has 2 heterocycles. The van der Waals surface area contributed by atoms with Crippen LogP contribution in [-0.4, -0.2) is 22.4 Å². The highest BCUT2D eigenvalue weighted by Gasteiger charge is 2.75. The van der Waals surface area contributed by atoms with Gasteiger partial charge in [-0.25, -0.2) is 4.98 Å². The van der Waals surface area contributed by atoms with Gasteiger partial charge in [0.1, 0.15) is 5.78 Å². The van der Waals surface area contributed by atoms with Crippen LogP contribution in [0.15, 0.2) is 39.4 Å². The minimum Gasteiger partial charge on any atom is -0.326 e. The number of rotatable bonds is 6. The quantitative estimate of drug-likeness (QED) is 0.580. The largest absolute Gasteiger partial charge is 0.326 e. The normalized spacial score (nSPS) is 29.6. The number of hydrogen-bond acceptors (Lipinski definition) is 6. The van der Waals surface area contributed by atoms with Crippen molar-refractivity contribution in [1.82, 2.24) is 4.98 Å². The van der Waals surface area contributed by atoms with Crippen molar-refractivity contribution in [1.29, 1.82) is 0 Å². The average molecular weight is 427 g/mol. The Hall–Kier alpha value is -1.70. The smallest absolute Gasteiger partial charge is 0.228 e. The Balaban J connectivity index is 1.13. The lowest BCUT2D eigenvalue weighted by atomic mass is 9.96. The van der Waals surface area contributed by atoms with E-state index in [1.165, 1.54) is 5.56 Å². The van der Waals surface area contributed by atoms with E-state index in [1.54, 1.807) is 34.4 Å². The van der Waals surface area contributed by atoms with Gasteiger partial charge >= 0.3 is 0 Å². The summed E-state index contributed by atoms with van der Waals surface area (Å²) in [6, 6.07) is 8.08. The zero-order valence-corrected chi connectivity index (χ0v) is 17.4. The summed E-state index contributed by atoms with van der Waals surface area (Å²) >= 11 is 5.19. The number of fused-ring (bicyclic) bond motifs is 1. The van der Waals surface area contributed by atoms with Crippen molar-refractivity contribution < 1.29 is 9.59 Å². The van der Waals surface area contributed by atoms with Crippen LogP contribution in [0, 0.1) is 29.6 Å². The van der Waals surface area contributed by atoms with Crippen molar-refractivity contribution in [3.63, 3.8) is 0 Å². The van der Waals surface area contributed by atoms with Gasteiger partial charge in [-0.1, -0.05) is 11.8 Å². The Kier molecular flexibility index (Phi) is 3.93. The maximum Gasteiger partial charge on any atom is 0.228 e. The number of amides is 1. The summed E-state index contributed by atoms with van der Waals surface area (Å²) in [6.07, 6.45) is 1.99. The Bertz CT molecular complexity index is 1090. The number of carbonyl (C=O) groups is 2. The van der Waals surface area contributed by atoms with E-state index in [4.69, 9.17) is 4.98 Å². The number of thioether (sulfide) groups is 1. The molecule has 7 rings (SSSR count). The monoisotopic (exact) mass is 426 g/mol. The summed E-state index contributed by atoms with van der Waals surface area (Å²) in [5, 5.41) is 7.37. The van der Waals surface area contributed by atoms with Gasteiger partial charge in [0.05, 0.1) is 16.1 Å². The molecule has 0 aliphatic heterocycles. The molecule has 5 unspecified atom stereocenters. The molecule has 2 aromatic heterocycles. The second kappa shape index (κ2) is 6.40. The molecule has 0 radical (unpaired) electrons. The SMILES string of the molecule is O=C(Nc1ccc2nc(SCCc3ccsc3)sc2c1)C1C2CC3C(C2=O)C31. The summed E-state index contributed by atoms with van der Waals surface area (Å²) in [7, 11) is 0. The second-order valence-corrected chi connectivity index (χ2v) is 11.1. The molecule has 0 saturated heterocycles. The van der Waals surface area contributed by atoms with Gasteiger partial charge < -0.3 is 5.32 Å². The van der Waals surface area contributed by atoms with Crippen molar-refractivity contribution in [2.45, 2.75) is 17.2 Å². The molecule has 3 aromatic rings. The van der Waals surface area contributed by atoms with Crippen LogP contribution in [-0.2, 0) is 16.0 Å². The van der Waals surface area contributed by atoms with Gasteiger partial charge in [0, 0.05) is 23.3 Å². The number of ketones is 1. The highest BCUT2D eigenvalue weighted by atomic mass is 32.2. The Morgan fingerprint density at radius 1 is 1.32 bits per heavy atom. The lowest BCUT2D eigenvalue weighted by molar-refractivity contribution is -0.126. The van der Waals surface area contributed by atoms with Crippen molar-refractivity contribution >= 4 is 62.0 Å². The van der Waals surface area contributed by atoms with E-state index in [0.29, 0.717) is 17.6 Å². The minimum absolute atomic E-state index is 0.0154. The first-order valence-corrected chi connectivity index (χ1v) is 12.3. The third-order valence-electron chi connectivity index (χ3n) is 6.43. The van der Waals surface area contributed by atoms with Crippen molar-refractivity contribution in [2.24, 2.45) is 29.6 Å². The molecule has 5 atom stereocenters. The number of nitrogens with zero attached hydrogens (tertiary/aromatic N) is 1. The number of Topliss-reactive ketones (excluding diaryl/α,β-unsaturated/α-hetero) is 1. The van der Waals surface area contributed by atoms with Gasteiger partial charge in [0.25, 0.3) is 0 Å². The topological polar surface area (TPSA) is 59.1 Å².